The van der Waals surface area contributed by atoms with E-state index >= 15 is 0 Å². The molecule has 0 spiro atoms. The van der Waals surface area contributed by atoms with Crippen molar-refractivity contribution in [2.75, 3.05) is 26.1 Å². The summed E-state index contributed by atoms with van der Waals surface area (Å²) in [5.41, 5.74) is 7.68. The first-order chi connectivity index (χ1) is 15.9. The molecule has 3 heterocycles. The minimum Gasteiger partial charge on any atom is -0.496 e. The van der Waals surface area contributed by atoms with Crippen LogP contribution in [0.4, 0.5) is 5.82 Å². The van der Waals surface area contributed by atoms with E-state index in [0.29, 0.717) is 29.8 Å². The van der Waals surface area contributed by atoms with Crippen molar-refractivity contribution in [2.45, 2.75) is 18.0 Å². The van der Waals surface area contributed by atoms with E-state index in [2.05, 4.69) is 20.0 Å². The minimum atomic E-state index is -4.21. The molecule has 12 nitrogen and oxygen atoms in total. The fourth-order valence-corrected chi connectivity index (χ4v) is 4.62. The standard InChI is InChI=1S/C20H22N6O6S/c1-29-14-4-5-22-20(31-3)18(14)33(27,28)25-19-17-15(30-2)6-12(7-16(17)32-24-19)10-26-11-13(8-21)9-23-26/h4-7,9,11H,8,10,21H2,1-3H3,(H,24,25). The predicted octanol–water partition coefficient (Wildman–Crippen LogP) is 1.75. The number of hydrogen-bond donors (Lipinski definition) is 2. The molecule has 4 rings (SSSR count). The quantitative estimate of drug-likeness (QED) is 0.366. The van der Waals surface area contributed by atoms with Crippen molar-refractivity contribution in [1.29, 1.82) is 0 Å². The summed E-state index contributed by atoms with van der Waals surface area (Å²) in [7, 11) is -0.0813. The van der Waals surface area contributed by atoms with Crippen LogP contribution in [0.15, 0.2) is 46.2 Å². The monoisotopic (exact) mass is 474 g/mol. The van der Waals surface area contributed by atoms with E-state index in [4.69, 9.17) is 24.5 Å². The lowest BCUT2D eigenvalue weighted by molar-refractivity contribution is 0.361. The molecule has 0 aliphatic rings. The van der Waals surface area contributed by atoms with Crippen molar-refractivity contribution < 1.29 is 27.2 Å². The van der Waals surface area contributed by atoms with E-state index in [1.807, 2.05) is 6.20 Å². The number of nitrogens with zero attached hydrogens (tertiary/aromatic N) is 4. The lowest BCUT2D eigenvalue weighted by Crippen LogP contribution is -2.16. The van der Waals surface area contributed by atoms with Crippen LogP contribution in [0.3, 0.4) is 0 Å². The third kappa shape index (κ3) is 4.27. The summed E-state index contributed by atoms with van der Waals surface area (Å²) in [6.45, 7) is 0.818. The van der Waals surface area contributed by atoms with E-state index in [1.54, 1.807) is 23.0 Å². The Morgan fingerprint density at radius 3 is 2.58 bits per heavy atom. The van der Waals surface area contributed by atoms with Gasteiger partial charge in [0, 0.05) is 30.6 Å². The number of hydrogen-bond acceptors (Lipinski definition) is 10. The summed E-state index contributed by atoms with van der Waals surface area (Å²) in [4.78, 5) is 3.68. The highest BCUT2D eigenvalue weighted by Crippen LogP contribution is 2.37. The number of rotatable bonds is 9. The van der Waals surface area contributed by atoms with Crippen LogP contribution in [0.5, 0.6) is 17.4 Å². The molecular formula is C20H22N6O6S. The molecule has 0 aliphatic carbocycles. The minimum absolute atomic E-state index is 0.0501. The van der Waals surface area contributed by atoms with Crippen LogP contribution >= 0.6 is 0 Å². The van der Waals surface area contributed by atoms with Gasteiger partial charge in [0.05, 0.1) is 34.1 Å². The topological polar surface area (TPSA) is 157 Å². The van der Waals surface area contributed by atoms with Gasteiger partial charge in [-0.25, -0.2) is 13.4 Å². The largest absolute Gasteiger partial charge is 0.496 e. The highest BCUT2D eigenvalue weighted by atomic mass is 32.2. The molecule has 174 valence electrons. The third-order valence-corrected chi connectivity index (χ3v) is 6.21. The van der Waals surface area contributed by atoms with Gasteiger partial charge in [-0.2, -0.15) is 5.10 Å². The summed E-state index contributed by atoms with van der Waals surface area (Å²) < 4.78 is 51.7. The van der Waals surface area contributed by atoms with Gasteiger partial charge < -0.3 is 24.5 Å². The van der Waals surface area contributed by atoms with E-state index in [1.165, 1.54) is 33.6 Å². The predicted molar refractivity (Wildman–Crippen MR) is 118 cm³/mol. The molecule has 0 bridgehead atoms. The molecule has 3 N–H and O–H groups in total. The molecule has 0 atom stereocenters. The first kappa shape index (κ1) is 22.4. The van der Waals surface area contributed by atoms with E-state index in [0.717, 1.165) is 11.1 Å². The Morgan fingerprint density at radius 1 is 1.12 bits per heavy atom. The Kier molecular flexibility index (Phi) is 6.07. The molecule has 0 fully saturated rings. The number of sulfonamides is 1. The molecule has 4 aromatic rings. The lowest BCUT2D eigenvalue weighted by Gasteiger charge is -2.13. The number of aromatic nitrogens is 4. The zero-order valence-corrected chi connectivity index (χ0v) is 18.9. The average Bonchev–Trinajstić information content (AvgIpc) is 3.44. The third-order valence-electron chi connectivity index (χ3n) is 4.83. The van der Waals surface area contributed by atoms with Crippen LogP contribution in [-0.2, 0) is 23.1 Å². The number of pyridine rings is 1. The zero-order valence-electron chi connectivity index (χ0n) is 18.1. The number of anilines is 1. The van der Waals surface area contributed by atoms with Crippen molar-refractivity contribution in [2.24, 2.45) is 5.73 Å². The molecule has 0 radical (unpaired) electrons. The van der Waals surface area contributed by atoms with Gasteiger partial charge in [-0.1, -0.05) is 5.16 Å². The Labute approximate surface area is 189 Å². The maximum atomic E-state index is 13.2. The Hall–Kier alpha value is -3.84. The van der Waals surface area contributed by atoms with Gasteiger partial charge in [0.15, 0.2) is 16.3 Å². The van der Waals surface area contributed by atoms with Gasteiger partial charge in [0.25, 0.3) is 10.0 Å². The average molecular weight is 474 g/mol. The number of fused-ring (bicyclic) bond motifs is 1. The molecule has 3 aromatic heterocycles. The number of nitrogens with one attached hydrogen (secondary N) is 1. The van der Waals surface area contributed by atoms with Gasteiger partial charge in [0.1, 0.15) is 16.9 Å². The first-order valence-corrected chi connectivity index (χ1v) is 11.2. The smallest absolute Gasteiger partial charge is 0.272 e. The fraction of sp³-hybridized carbons (Fsp3) is 0.250. The van der Waals surface area contributed by atoms with Crippen molar-refractivity contribution in [3.8, 4) is 17.4 Å². The summed E-state index contributed by atoms with van der Waals surface area (Å²) in [5.74, 6) is 0.260. The van der Waals surface area contributed by atoms with Gasteiger partial charge in [-0.3, -0.25) is 9.40 Å². The lowest BCUT2D eigenvalue weighted by atomic mass is 10.1. The highest BCUT2D eigenvalue weighted by Gasteiger charge is 2.29. The summed E-state index contributed by atoms with van der Waals surface area (Å²) in [6.07, 6.45) is 4.91. The Bertz CT molecular complexity index is 1380. The maximum absolute atomic E-state index is 13.2. The van der Waals surface area contributed by atoms with Gasteiger partial charge in [-0.15, -0.1) is 0 Å². The zero-order chi connectivity index (χ0) is 23.6. The van der Waals surface area contributed by atoms with E-state index < -0.39 is 10.0 Å². The molecule has 0 saturated heterocycles. The summed E-state index contributed by atoms with van der Waals surface area (Å²) in [5, 5.41) is 8.53. The van der Waals surface area contributed by atoms with Gasteiger partial charge >= 0.3 is 0 Å². The molecule has 0 amide bonds. The molecule has 0 saturated carbocycles. The Morgan fingerprint density at radius 2 is 1.91 bits per heavy atom. The van der Waals surface area contributed by atoms with Crippen molar-refractivity contribution in [1.82, 2.24) is 19.9 Å². The number of benzene rings is 1. The molecule has 0 unspecified atom stereocenters. The number of methoxy groups -OCH3 is 3. The molecule has 13 heteroatoms. The number of nitrogens with two attached hydrogens (primary N) is 1. The van der Waals surface area contributed by atoms with E-state index in [-0.39, 0.29) is 22.3 Å². The van der Waals surface area contributed by atoms with Crippen LogP contribution in [-0.4, -0.2) is 49.7 Å². The first-order valence-electron chi connectivity index (χ1n) is 9.67. The van der Waals surface area contributed by atoms with Gasteiger partial charge in [0.2, 0.25) is 5.88 Å². The number of ether oxygens (including phenoxy) is 3. The van der Waals surface area contributed by atoms with Crippen LogP contribution in [0, 0.1) is 0 Å². The maximum Gasteiger partial charge on any atom is 0.272 e. The van der Waals surface area contributed by atoms with Crippen molar-refractivity contribution in [3.63, 3.8) is 0 Å². The van der Waals surface area contributed by atoms with Crippen LogP contribution < -0.4 is 24.7 Å². The molecular weight excluding hydrogens is 452 g/mol. The second kappa shape index (κ2) is 8.96. The highest BCUT2D eigenvalue weighted by molar-refractivity contribution is 7.93. The van der Waals surface area contributed by atoms with Crippen LogP contribution in [0.1, 0.15) is 11.1 Å². The molecule has 33 heavy (non-hydrogen) atoms. The summed E-state index contributed by atoms with van der Waals surface area (Å²) >= 11 is 0. The van der Waals surface area contributed by atoms with Crippen LogP contribution in [0.25, 0.3) is 11.0 Å². The second-order valence-electron chi connectivity index (χ2n) is 6.91. The second-order valence-corrected chi connectivity index (χ2v) is 8.53. The SMILES string of the molecule is COc1ccnc(OC)c1S(=O)(=O)Nc1noc2cc(Cn3cc(CN)cn3)cc(OC)c12. The molecule has 1 aromatic carbocycles. The van der Waals surface area contributed by atoms with Crippen LogP contribution in [0.2, 0.25) is 0 Å². The normalized spacial score (nSPS) is 11.5. The molecule has 0 aliphatic heterocycles. The Balaban J connectivity index is 1.72. The van der Waals surface area contributed by atoms with E-state index in [9.17, 15) is 8.42 Å². The van der Waals surface area contributed by atoms with Crippen molar-refractivity contribution in [3.05, 3.63) is 47.9 Å². The van der Waals surface area contributed by atoms with Gasteiger partial charge in [-0.05, 0) is 17.7 Å². The summed E-state index contributed by atoms with van der Waals surface area (Å²) in [6, 6.07) is 4.90. The fourth-order valence-electron chi connectivity index (χ4n) is 3.34. The van der Waals surface area contributed by atoms with Crippen molar-refractivity contribution >= 4 is 26.8 Å².